The van der Waals surface area contributed by atoms with Gasteiger partial charge in [0.25, 0.3) is 0 Å². The number of nitrogens with zero attached hydrogens (tertiary/aromatic N) is 4. The third kappa shape index (κ3) is 3.45. The first kappa shape index (κ1) is 13.7. The lowest BCUT2D eigenvalue weighted by Crippen LogP contribution is -2.45. The summed E-state index contributed by atoms with van der Waals surface area (Å²) in [6, 6.07) is 2.21. The lowest BCUT2D eigenvalue weighted by molar-refractivity contribution is 0.112. The first-order valence-electron chi connectivity index (χ1n) is 7.10. The normalized spacial score (nSPS) is 17.6. The van der Waals surface area contributed by atoms with Crippen LogP contribution < -0.4 is 0 Å². The maximum absolute atomic E-state index is 5.26. The van der Waals surface area contributed by atoms with Gasteiger partial charge in [-0.3, -0.25) is 9.80 Å². The molecule has 3 rings (SSSR count). The van der Waals surface area contributed by atoms with Gasteiger partial charge in [0.05, 0.1) is 6.54 Å². The zero-order valence-electron chi connectivity index (χ0n) is 11.8. The molecule has 0 aromatic carbocycles. The molecule has 0 spiro atoms. The molecular weight excluding hydrogens is 272 g/mol. The molecule has 0 radical (unpaired) electrons. The van der Waals surface area contributed by atoms with Crippen molar-refractivity contribution in [1.29, 1.82) is 0 Å². The number of aryl methyl sites for hydroxylation is 1. The Hall–Kier alpha value is -1.24. The second kappa shape index (κ2) is 6.47. The molecule has 0 bridgehead atoms. The molecule has 0 atom stereocenters. The fourth-order valence-corrected chi connectivity index (χ4v) is 3.10. The number of aromatic nitrogens is 2. The third-order valence-electron chi connectivity index (χ3n) is 3.64. The lowest BCUT2D eigenvalue weighted by Gasteiger charge is -2.33. The van der Waals surface area contributed by atoms with Crippen LogP contribution in [0.25, 0.3) is 0 Å². The molecule has 2 aromatic rings. The highest BCUT2D eigenvalue weighted by molar-refractivity contribution is 7.07. The summed E-state index contributed by atoms with van der Waals surface area (Å²) < 4.78 is 5.26. The Morgan fingerprint density at radius 3 is 2.55 bits per heavy atom. The Kier molecular flexibility index (Phi) is 4.44. The Balaban J connectivity index is 1.46. The van der Waals surface area contributed by atoms with Gasteiger partial charge in [-0.25, -0.2) is 0 Å². The van der Waals surface area contributed by atoms with Crippen LogP contribution in [0.3, 0.4) is 0 Å². The number of hydrogen-bond donors (Lipinski definition) is 0. The standard InChI is InChI=1S/C14H20N4OS/c1-2-13-15-14(19-16-13)10-18-6-4-17(5-7-18)9-12-3-8-20-11-12/h3,8,11H,2,4-7,9-10H2,1H3. The van der Waals surface area contributed by atoms with Crippen molar-refractivity contribution in [2.45, 2.75) is 26.4 Å². The van der Waals surface area contributed by atoms with Crippen molar-refractivity contribution in [3.63, 3.8) is 0 Å². The van der Waals surface area contributed by atoms with E-state index in [4.69, 9.17) is 4.52 Å². The van der Waals surface area contributed by atoms with E-state index in [1.54, 1.807) is 11.3 Å². The number of rotatable bonds is 5. The SMILES string of the molecule is CCc1noc(CN2CCN(Cc3ccsc3)CC2)n1. The smallest absolute Gasteiger partial charge is 0.240 e. The maximum Gasteiger partial charge on any atom is 0.240 e. The predicted molar refractivity (Wildman–Crippen MR) is 78.5 cm³/mol. The van der Waals surface area contributed by atoms with Crippen LogP contribution in [-0.4, -0.2) is 46.1 Å². The molecule has 108 valence electrons. The van der Waals surface area contributed by atoms with E-state index in [1.807, 2.05) is 6.92 Å². The van der Waals surface area contributed by atoms with E-state index >= 15 is 0 Å². The van der Waals surface area contributed by atoms with Crippen LogP contribution >= 0.6 is 11.3 Å². The summed E-state index contributed by atoms with van der Waals surface area (Å²) in [7, 11) is 0. The molecule has 1 aliphatic heterocycles. The van der Waals surface area contributed by atoms with Gasteiger partial charge < -0.3 is 4.52 Å². The fourth-order valence-electron chi connectivity index (χ4n) is 2.44. The molecule has 0 amide bonds. The summed E-state index contributed by atoms with van der Waals surface area (Å²) in [4.78, 5) is 9.26. The highest BCUT2D eigenvalue weighted by Gasteiger charge is 2.19. The van der Waals surface area contributed by atoms with E-state index in [1.165, 1.54) is 5.56 Å². The molecule has 3 heterocycles. The van der Waals surface area contributed by atoms with Crippen molar-refractivity contribution in [3.8, 4) is 0 Å². The maximum atomic E-state index is 5.26. The van der Waals surface area contributed by atoms with Crippen LogP contribution in [0, 0.1) is 0 Å². The summed E-state index contributed by atoms with van der Waals surface area (Å²) in [5.74, 6) is 1.55. The second-order valence-corrected chi connectivity index (χ2v) is 5.92. The van der Waals surface area contributed by atoms with Crippen LogP contribution in [0.15, 0.2) is 21.3 Å². The quantitative estimate of drug-likeness (QED) is 0.843. The summed E-state index contributed by atoms with van der Waals surface area (Å²) in [6.07, 6.45) is 0.831. The highest BCUT2D eigenvalue weighted by atomic mass is 32.1. The third-order valence-corrected chi connectivity index (χ3v) is 4.37. The second-order valence-electron chi connectivity index (χ2n) is 5.14. The van der Waals surface area contributed by atoms with Gasteiger partial charge in [0.15, 0.2) is 5.82 Å². The van der Waals surface area contributed by atoms with E-state index < -0.39 is 0 Å². The van der Waals surface area contributed by atoms with Gasteiger partial charge in [-0.2, -0.15) is 16.3 Å². The van der Waals surface area contributed by atoms with Crippen molar-refractivity contribution < 1.29 is 4.52 Å². The Morgan fingerprint density at radius 2 is 1.95 bits per heavy atom. The summed E-state index contributed by atoms with van der Waals surface area (Å²) in [5, 5.41) is 8.32. The van der Waals surface area contributed by atoms with Gasteiger partial charge in [0.2, 0.25) is 5.89 Å². The molecule has 6 heteroatoms. The summed E-state index contributed by atoms with van der Waals surface area (Å²) >= 11 is 1.77. The van der Waals surface area contributed by atoms with Gasteiger partial charge in [0, 0.05) is 39.1 Å². The molecular formula is C14H20N4OS. The average molecular weight is 292 g/mol. The minimum absolute atomic E-state index is 0.744. The van der Waals surface area contributed by atoms with Crippen LogP contribution in [-0.2, 0) is 19.5 Å². The van der Waals surface area contributed by atoms with Gasteiger partial charge in [-0.05, 0) is 22.4 Å². The van der Waals surface area contributed by atoms with Gasteiger partial charge in [-0.1, -0.05) is 12.1 Å². The molecule has 1 aliphatic rings. The van der Waals surface area contributed by atoms with Gasteiger partial charge in [-0.15, -0.1) is 0 Å². The van der Waals surface area contributed by atoms with E-state index in [9.17, 15) is 0 Å². The van der Waals surface area contributed by atoms with E-state index in [0.29, 0.717) is 0 Å². The largest absolute Gasteiger partial charge is 0.338 e. The van der Waals surface area contributed by atoms with Crippen LogP contribution in [0.1, 0.15) is 24.2 Å². The molecule has 2 aromatic heterocycles. The molecule has 5 nitrogen and oxygen atoms in total. The van der Waals surface area contributed by atoms with Crippen molar-refractivity contribution in [2.75, 3.05) is 26.2 Å². The lowest BCUT2D eigenvalue weighted by atomic mass is 10.2. The van der Waals surface area contributed by atoms with Crippen LogP contribution in [0.2, 0.25) is 0 Å². The molecule has 0 saturated carbocycles. The minimum Gasteiger partial charge on any atom is -0.338 e. The number of hydrogen-bond acceptors (Lipinski definition) is 6. The monoisotopic (exact) mass is 292 g/mol. The van der Waals surface area contributed by atoms with Gasteiger partial charge >= 0.3 is 0 Å². The zero-order valence-corrected chi connectivity index (χ0v) is 12.6. The zero-order chi connectivity index (χ0) is 13.8. The first-order valence-corrected chi connectivity index (χ1v) is 8.05. The van der Waals surface area contributed by atoms with Crippen molar-refractivity contribution in [2.24, 2.45) is 0 Å². The minimum atomic E-state index is 0.744. The summed E-state index contributed by atoms with van der Waals surface area (Å²) in [6.45, 7) is 8.21. The van der Waals surface area contributed by atoms with Gasteiger partial charge in [0.1, 0.15) is 0 Å². The fraction of sp³-hybridized carbons (Fsp3) is 0.571. The molecule has 1 saturated heterocycles. The van der Waals surface area contributed by atoms with Crippen molar-refractivity contribution in [3.05, 3.63) is 34.1 Å². The molecule has 0 N–H and O–H groups in total. The van der Waals surface area contributed by atoms with E-state index in [0.717, 1.165) is 57.4 Å². The average Bonchev–Trinajstić information content (AvgIpc) is 3.12. The Bertz CT molecular complexity index is 517. The van der Waals surface area contributed by atoms with Crippen molar-refractivity contribution >= 4 is 11.3 Å². The Labute approximate surface area is 123 Å². The number of thiophene rings is 1. The van der Waals surface area contributed by atoms with Crippen molar-refractivity contribution in [1.82, 2.24) is 19.9 Å². The topological polar surface area (TPSA) is 45.4 Å². The molecule has 0 aliphatic carbocycles. The predicted octanol–water partition coefficient (Wildman–Crippen LogP) is 2.01. The molecule has 1 fully saturated rings. The molecule has 0 unspecified atom stereocenters. The summed E-state index contributed by atoms with van der Waals surface area (Å²) in [5.41, 5.74) is 1.42. The highest BCUT2D eigenvalue weighted by Crippen LogP contribution is 2.13. The molecule has 20 heavy (non-hydrogen) atoms. The van der Waals surface area contributed by atoms with Crippen LogP contribution in [0.4, 0.5) is 0 Å². The Morgan fingerprint density at radius 1 is 1.20 bits per heavy atom. The van der Waals surface area contributed by atoms with E-state index in [-0.39, 0.29) is 0 Å². The van der Waals surface area contributed by atoms with Crippen LogP contribution in [0.5, 0.6) is 0 Å². The number of piperazine rings is 1. The first-order chi connectivity index (χ1) is 9.83. The van der Waals surface area contributed by atoms with E-state index in [2.05, 4.69) is 36.8 Å².